The Morgan fingerprint density at radius 3 is 2.52 bits per heavy atom. The maximum Gasteiger partial charge on any atom is 0.224 e. The van der Waals surface area contributed by atoms with Crippen LogP contribution in [0.25, 0.3) is 0 Å². The summed E-state index contributed by atoms with van der Waals surface area (Å²) in [7, 11) is 1.53. The monoisotopic (exact) mass is 293 g/mol. The number of ether oxygens (including phenoxy) is 1. The first-order valence-electron chi connectivity index (χ1n) is 7.08. The van der Waals surface area contributed by atoms with Crippen molar-refractivity contribution in [2.45, 2.75) is 32.6 Å². The first-order chi connectivity index (χ1) is 10.1. The van der Waals surface area contributed by atoms with E-state index in [0.717, 1.165) is 6.42 Å². The molecule has 21 heavy (non-hydrogen) atoms. The molecule has 2 amide bonds. The molecule has 0 unspecified atom stereocenters. The van der Waals surface area contributed by atoms with Crippen LogP contribution >= 0.6 is 0 Å². The van der Waals surface area contributed by atoms with Gasteiger partial charge in [0.1, 0.15) is 5.75 Å². The van der Waals surface area contributed by atoms with E-state index < -0.39 is 0 Å². The van der Waals surface area contributed by atoms with Crippen molar-refractivity contribution in [2.75, 3.05) is 24.3 Å². The molecule has 0 aliphatic heterocycles. The van der Waals surface area contributed by atoms with E-state index in [1.54, 1.807) is 18.2 Å². The molecule has 0 spiro atoms. The van der Waals surface area contributed by atoms with Crippen LogP contribution in [0.1, 0.15) is 32.6 Å². The zero-order chi connectivity index (χ0) is 15.7. The fourth-order valence-corrected chi connectivity index (χ4v) is 1.81. The Morgan fingerprint density at radius 1 is 1.19 bits per heavy atom. The van der Waals surface area contributed by atoms with Crippen molar-refractivity contribution in [1.82, 2.24) is 0 Å². The van der Waals surface area contributed by atoms with Crippen LogP contribution in [0.2, 0.25) is 0 Å². The Balaban J connectivity index is 2.80. The first-order valence-corrected chi connectivity index (χ1v) is 7.08. The van der Waals surface area contributed by atoms with E-state index >= 15 is 0 Å². The number of rotatable bonds is 8. The molecule has 0 atom stereocenters. The second-order valence-electron chi connectivity index (χ2n) is 4.65. The zero-order valence-corrected chi connectivity index (χ0v) is 12.6. The molecule has 0 radical (unpaired) electrons. The SMILES string of the molecule is CCCC(=O)Nc1ccc(OC)c(NC(=O)CCCN)c1. The summed E-state index contributed by atoms with van der Waals surface area (Å²) in [5, 5.41) is 5.56. The van der Waals surface area contributed by atoms with Gasteiger partial charge >= 0.3 is 0 Å². The molecule has 4 N–H and O–H groups in total. The summed E-state index contributed by atoms with van der Waals surface area (Å²) in [6.07, 6.45) is 2.22. The molecule has 6 heteroatoms. The van der Waals surface area contributed by atoms with E-state index in [4.69, 9.17) is 10.5 Å². The van der Waals surface area contributed by atoms with Crippen LogP contribution < -0.4 is 21.1 Å². The third-order valence-electron chi connectivity index (χ3n) is 2.84. The quantitative estimate of drug-likeness (QED) is 0.684. The van der Waals surface area contributed by atoms with Crippen LogP contribution in [0.15, 0.2) is 18.2 Å². The number of anilines is 2. The van der Waals surface area contributed by atoms with E-state index in [-0.39, 0.29) is 11.8 Å². The first kappa shape index (κ1) is 17.0. The van der Waals surface area contributed by atoms with Crippen molar-refractivity contribution in [2.24, 2.45) is 5.73 Å². The molecule has 1 rings (SSSR count). The molecule has 0 aliphatic carbocycles. The van der Waals surface area contributed by atoms with Gasteiger partial charge in [0.2, 0.25) is 11.8 Å². The molecule has 6 nitrogen and oxygen atoms in total. The number of hydrogen-bond donors (Lipinski definition) is 3. The summed E-state index contributed by atoms with van der Waals surface area (Å²) in [6.45, 7) is 2.41. The summed E-state index contributed by atoms with van der Waals surface area (Å²) in [5.41, 5.74) is 6.55. The van der Waals surface area contributed by atoms with Crippen LogP contribution in [0.4, 0.5) is 11.4 Å². The minimum absolute atomic E-state index is 0.0527. The number of hydrogen-bond acceptors (Lipinski definition) is 4. The Hall–Kier alpha value is -2.08. The standard InChI is InChI=1S/C15H23N3O3/c1-3-5-14(19)17-11-7-8-13(21-2)12(10-11)18-15(20)6-4-9-16/h7-8,10H,3-6,9,16H2,1-2H3,(H,17,19)(H,18,20). The molecule has 0 heterocycles. The molecule has 0 aliphatic rings. The molecule has 0 bridgehead atoms. The van der Waals surface area contributed by atoms with Crippen molar-refractivity contribution in [3.05, 3.63) is 18.2 Å². The van der Waals surface area contributed by atoms with Gasteiger partial charge in [-0.05, 0) is 37.6 Å². The zero-order valence-electron chi connectivity index (χ0n) is 12.6. The van der Waals surface area contributed by atoms with Gasteiger partial charge in [0.15, 0.2) is 0 Å². The highest BCUT2D eigenvalue weighted by molar-refractivity contribution is 5.95. The highest BCUT2D eigenvalue weighted by Crippen LogP contribution is 2.28. The van der Waals surface area contributed by atoms with Crippen LogP contribution in [-0.2, 0) is 9.59 Å². The van der Waals surface area contributed by atoms with Crippen molar-refractivity contribution in [3.63, 3.8) is 0 Å². The predicted octanol–water partition coefficient (Wildman–Crippen LogP) is 2.11. The lowest BCUT2D eigenvalue weighted by Gasteiger charge is -2.12. The number of methoxy groups -OCH3 is 1. The fraction of sp³-hybridized carbons (Fsp3) is 0.467. The lowest BCUT2D eigenvalue weighted by atomic mass is 10.2. The largest absolute Gasteiger partial charge is 0.495 e. The van der Waals surface area contributed by atoms with Crippen molar-refractivity contribution < 1.29 is 14.3 Å². The molecular weight excluding hydrogens is 270 g/mol. The van der Waals surface area contributed by atoms with Crippen LogP contribution in [0.3, 0.4) is 0 Å². The second-order valence-corrected chi connectivity index (χ2v) is 4.65. The number of benzene rings is 1. The molecule has 0 saturated heterocycles. The van der Waals surface area contributed by atoms with Gasteiger partial charge in [-0.2, -0.15) is 0 Å². The minimum Gasteiger partial charge on any atom is -0.495 e. The fourth-order valence-electron chi connectivity index (χ4n) is 1.81. The Kier molecular flexibility index (Phi) is 7.25. The minimum atomic E-state index is -0.129. The molecule has 116 valence electrons. The van der Waals surface area contributed by atoms with Crippen molar-refractivity contribution in [1.29, 1.82) is 0 Å². The van der Waals surface area contributed by atoms with Gasteiger partial charge in [0.05, 0.1) is 12.8 Å². The smallest absolute Gasteiger partial charge is 0.224 e. The number of carbonyl (C=O) groups excluding carboxylic acids is 2. The Morgan fingerprint density at radius 2 is 1.90 bits per heavy atom. The molecule has 1 aromatic rings. The second kappa shape index (κ2) is 8.97. The van der Waals surface area contributed by atoms with Crippen molar-refractivity contribution in [3.8, 4) is 5.75 Å². The van der Waals surface area contributed by atoms with Gasteiger partial charge < -0.3 is 21.1 Å². The van der Waals surface area contributed by atoms with Crippen molar-refractivity contribution >= 4 is 23.2 Å². The van der Waals surface area contributed by atoms with Gasteiger partial charge in [-0.15, -0.1) is 0 Å². The summed E-state index contributed by atoms with van der Waals surface area (Å²) in [4.78, 5) is 23.4. The third kappa shape index (κ3) is 5.83. The summed E-state index contributed by atoms with van der Waals surface area (Å²) in [5.74, 6) is 0.364. The van der Waals surface area contributed by atoms with E-state index in [2.05, 4.69) is 10.6 Å². The van der Waals surface area contributed by atoms with E-state index in [0.29, 0.717) is 42.9 Å². The van der Waals surface area contributed by atoms with Gasteiger partial charge in [-0.25, -0.2) is 0 Å². The van der Waals surface area contributed by atoms with Crippen LogP contribution in [0, 0.1) is 0 Å². The molecule has 0 saturated carbocycles. The number of nitrogens with one attached hydrogen (secondary N) is 2. The number of carbonyl (C=O) groups is 2. The maximum atomic E-state index is 11.8. The maximum absolute atomic E-state index is 11.8. The average molecular weight is 293 g/mol. The predicted molar refractivity (Wildman–Crippen MR) is 83.4 cm³/mol. The molecule has 0 fully saturated rings. The number of nitrogens with two attached hydrogens (primary N) is 1. The van der Waals surface area contributed by atoms with Gasteiger partial charge in [0.25, 0.3) is 0 Å². The highest BCUT2D eigenvalue weighted by Gasteiger charge is 2.09. The molecule has 0 aromatic heterocycles. The summed E-state index contributed by atoms with van der Waals surface area (Å²) >= 11 is 0. The van der Waals surface area contributed by atoms with E-state index in [9.17, 15) is 9.59 Å². The van der Waals surface area contributed by atoms with E-state index in [1.807, 2.05) is 6.92 Å². The third-order valence-corrected chi connectivity index (χ3v) is 2.84. The molecular formula is C15H23N3O3. The van der Waals surface area contributed by atoms with E-state index in [1.165, 1.54) is 7.11 Å². The topological polar surface area (TPSA) is 93.5 Å². The Bertz CT molecular complexity index is 489. The van der Waals surface area contributed by atoms with Crippen LogP contribution in [-0.4, -0.2) is 25.5 Å². The summed E-state index contributed by atoms with van der Waals surface area (Å²) in [6, 6.07) is 5.13. The highest BCUT2D eigenvalue weighted by atomic mass is 16.5. The van der Waals surface area contributed by atoms with Gasteiger partial charge in [0, 0.05) is 18.5 Å². The molecule has 1 aromatic carbocycles. The normalized spacial score (nSPS) is 10.0. The number of amides is 2. The van der Waals surface area contributed by atoms with Crippen LogP contribution in [0.5, 0.6) is 5.75 Å². The van der Waals surface area contributed by atoms with Gasteiger partial charge in [-0.1, -0.05) is 6.92 Å². The lowest BCUT2D eigenvalue weighted by molar-refractivity contribution is -0.117. The summed E-state index contributed by atoms with van der Waals surface area (Å²) < 4.78 is 5.21. The Labute approximate surface area is 125 Å². The average Bonchev–Trinajstić information content (AvgIpc) is 2.45. The van der Waals surface area contributed by atoms with Gasteiger partial charge in [-0.3, -0.25) is 9.59 Å². The lowest BCUT2D eigenvalue weighted by Crippen LogP contribution is -2.15.